The third-order valence-electron chi connectivity index (χ3n) is 2.01. The van der Waals surface area contributed by atoms with Gasteiger partial charge in [0, 0.05) is 9.32 Å². The zero-order chi connectivity index (χ0) is 11.3. The van der Waals surface area contributed by atoms with E-state index >= 15 is 0 Å². The molecular weight excluding hydrogens is 319 g/mol. The van der Waals surface area contributed by atoms with Crippen LogP contribution in [0.3, 0.4) is 0 Å². The Balaban J connectivity index is 2.37. The molecule has 0 saturated heterocycles. The molecule has 0 spiro atoms. The molecule has 3 heteroatoms. The van der Waals surface area contributed by atoms with Crippen molar-refractivity contribution in [2.24, 2.45) is 0 Å². The van der Waals surface area contributed by atoms with Crippen molar-refractivity contribution in [3.8, 4) is 0 Å². The van der Waals surface area contributed by atoms with E-state index in [1.807, 2.05) is 11.8 Å². The Labute approximate surface area is 110 Å². The van der Waals surface area contributed by atoms with E-state index in [0.29, 0.717) is 5.25 Å². The Kier molecular flexibility index (Phi) is 6.00. The summed E-state index contributed by atoms with van der Waals surface area (Å²) in [4.78, 5) is 0. The van der Waals surface area contributed by atoms with Crippen LogP contribution in [0.4, 0.5) is 0 Å². The van der Waals surface area contributed by atoms with E-state index in [1.54, 1.807) is 0 Å². The molecule has 0 bridgehead atoms. The Morgan fingerprint density at radius 2 is 1.87 bits per heavy atom. The zero-order valence-corrected chi connectivity index (χ0v) is 12.1. The van der Waals surface area contributed by atoms with Gasteiger partial charge >= 0.3 is 0 Å². The Hall–Kier alpha value is 0.260. The van der Waals surface area contributed by atoms with E-state index in [1.165, 1.54) is 9.13 Å². The van der Waals surface area contributed by atoms with Gasteiger partial charge in [0.25, 0.3) is 0 Å². The molecule has 1 aromatic rings. The van der Waals surface area contributed by atoms with Crippen molar-refractivity contribution < 1.29 is 5.11 Å². The smallest absolute Gasteiger partial charge is 0.0670 e. The number of hydrogen-bond acceptors (Lipinski definition) is 2. The van der Waals surface area contributed by atoms with Crippen molar-refractivity contribution in [3.63, 3.8) is 0 Å². The summed E-state index contributed by atoms with van der Waals surface area (Å²) in [5.41, 5.74) is 1.22. The molecule has 1 nitrogen and oxygen atoms in total. The van der Waals surface area contributed by atoms with E-state index in [4.69, 9.17) is 0 Å². The van der Waals surface area contributed by atoms with Crippen LogP contribution in [0.1, 0.15) is 19.4 Å². The largest absolute Gasteiger partial charge is 0.392 e. The lowest BCUT2D eigenvalue weighted by Crippen LogP contribution is -2.14. The molecule has 0 aliphatic carbocycles. The summed E-state index contributed by atoms with van der Waals surface area (Å²) in [7, 11) is 0. The van der Waals surface area contributed by atoms with Gasteiger partial charge in [-0.15, -0.1) is 0 Å². The molecule has 1 rings (SSSR count). The molecule has 0 fully saturated rings. The van der Waals surface area contributed by atoms with Crippen LogP contribution in [0.25, 0.3) is 0 Å². The van der Waals surface area contributed by atoms with Gasteiger partial charge in [-0.2, -0.15) is 11.8 Å². The molecule has 1 aromatic carbocycles. The topological polar surface area (TPSA) is 20.2 Å². The highest BCUT2D eigenvalue weighted by atomic mass is 127. The molecule has 0 aromatic heterocycles. The van der Waals surface area contributed by atoms with Gasteiger partial charge in [0.05, 0.1) is 6.10 Å². The summed E-state index contributed by atoms with van der Waals surface area (Å²) in [6.45, 7) is 4.31. The van der Waals surface area contributed by atoms with Crippen molar-refractivity contribution in [3.05, 3.63) is 33.4 Å². The fraction of sp³-hybridized carbons (Fsp3) is 0.500. The van der Waals surface area contributed by atoms with Crippen molar-refractivity contribution in [2.45, 2.75) is 31.6 Å². The Morgan fingerprint density at radius 3 is 2.40 bits per heavy atom. The van der Waals surface area contributed by atoms with Crippen LogP contribution >= 0.6 is 34.4 Å². The lowest BCUT2D eigenvalue weighted by molar-refractivity contribution is 0.200. The van der Waals surface area contributed by atoms with Crippen molar-refractivity contribution in [1.82, 2.24) is 0 Å². The summed E-state index contributed by atoms with van der Waals surface area (Å²) in [5.74, 6) is 0.823. The second kappa shape index (κ2) is 6.76. The normalized spacial score (nSPS) is 13.1. The quantitative estimate of drug-likeness (QED) is 0.833. The second-order valence-corrected chi connectivity index (χ2v) is 6.72. The number of hydrogen-bond donors (Lipinski definition) is 1. The van der Waals surface area contributed by atoms with E-state index in [9.17, 15) is 5.11 Å². The third kappa shape index (κ3) is 5.78. The maximum atomic E-state index is 9.80. The Morgan fingerprint density at radius 1 is 1.27 bits per heavy atom. The van der Waals surface area contributed by atoms with Crippen molar-refractivity contribution in [1.29, 1.82) is 0 Å². The van der Waals surface area contributed by atoms with Crippen LogP contribution in [-0.4, -0.2) is 22.2 Å². The molecular formula is C12H17IOS. The summed E-state index contributed by atoms with van der Waals surface area (Å²) in [5, 5.41) is 10.4. The minimum Gasteiger partial charge on any atom is -0.392 e. The molecule has 0 heterocycles. The maximum absolute atomic E-state index is 9.80. The van der Waals surface area contributed by atoms with Gasteiger partial charge in [0.15, 0.2) is 0 Å². The van der Waals surface area contributed by atoms with E-state index in [2.05, 4.69) is 60.7 Å². The summed E-state index contributed by atoms with van der Waals surface area (Å²) < 4.78 is 1.24. The summed E-state index contributed by atoms with van der Waals surface area (Å²) >= 11 is 4.10. The third-order valence-corrected chi connectivity index (χ3v) is 3.97. The first kappa shape index (κ1) is 13.3. The number of thioether (sulfide) groups is 1. The molecule has 0 saturated carbocycles. The molecule has 0 amide bonds. The highest BCUT2D eigenvalue weighted by Crippen LogP contribution is 2.14. The lowest BCUT2D eigenvalue weighted by atomic mass is 10.1. The molecule has 0 radical (unpaired) electrons. The van der Waals surface area contributed by atoms with Crippen LogP contribution in [0, 0.1) is 3.57 Å². The molecule has 0 aliphatic heterocycles. The average Bonchev–Trinajstić information content (AvgIpc) is 2.19. The van der Waals surface area contributed by atoms with Gasteiger partial charge < -0.3 is 5.11 Å². The molecule has 1 N–H and O–H groups in total. The van der Waals surface area contributed by atoms with E-state index in [0.717, 1.165) is 12.2 Å². The van der Waals surface area contributed by atoms with Gasteiger partial charge in [0.1, 0.15) is 0 Å². The first-order chi connectivity index (χ1) is 7.08. The highest BCUT2D eigenvalue weighted by molar-refractivity contribution is 14.1. The predicted molar refractivity (Wildman–Crippen MR) is 76.5 cm³/mol. The van der Waals surface area contributed by atoms with E-state index < -0.39 is 0 Å². The van der Waals surface area contributed by atoms with Gasteiger partial charge in [0.2, 0.25) is 0 Å². The number of rotatable bonds is 5. The van der Waals surface area contributed by atoms with Crippen LogP contribution in [0.5, 0.6) is 0 Å². The Bertz CT molecular complexity index is 284. The SMILES string of the molecule is CC(C)SCC(O)Cc1ccc(I)cc1. The fourth-order valence-corrected chi connectivity index (χ4v) is 2.34. The molecule has 0 aliphatic rings. The van der Waals surface area contributed by atoms with Gasteiger partial charge in [-0.25, -0.2) is 0 Å². The number of aliphatic hydroxyl groups is 1. The monoisotopic (exact) mass is 336 g/mol. The molecule has 1 unspecified atom stereocenters. The molecule has 84 valence electrons. The van der Waals surface area contributed by atoms with Crippen LogP contribution in [0.15, 0.2) is 24.3 Å². The van der Waals surface area contributed by atoms with E-state index in [-0.39, 0.29) is 6.10 Å². The number of aliphatic hydroxyl groups excluding tert-OH is 1. The first-order valence-electron chi connectivity index (χ1n) is 5.12. The van der Waals surface area contributed by atoms with Gasteiger partial charge in [-0.3, -0.25) is 0 Å². The van der Waals surface area contributed by atoms with Crippen molar-refractivity contribution >= 4 is 34.4 Å². The van der Waals surface area contributed by atoms with Crippen LogP contribution in [0.2, 0.25) is 0 Å². The van der Waals surface area contributed by atoms with Crippen LogP contribution in [-0.2, 0) is 6.42 Å². The second-order valence-electron chi connectivity index (χ2n) is 3.87. The standard InChI is InChI=1S/C12H17IOS/c1-9(2)15-8-12(14)7-10-3-5-11(13)6-4-10/h3-6,9,12,14H,7-8H2,1-2H3. The minimum atomic E-state index is -0.225. The molecule has 1 atom stereocenters. The number of halogens is 1. The lowest BCUT2D eigenvalue weighted by Gasteiger charge is -2.11. The van der Waals surface area contributed by atoms with Crippen LogP contribution < -0.4 is 0 Å². The number of benzene rings is 1. The predicted octanol–water partition coefficient (Wildman–Crippen LogP) is 3.34. The first-order valence-corrected chi connectivity index (χ1v) is 7.25. The maximum Gasteiger partial charge on any atom is 0.0670 e. The highest BCUT2D eigenvalue weighted by Gasteiger charge is 2.06. The van der Waals surface area contributed by atoms with Gasteiger partial charge in [-0.1, -0.05) is 26.0 Å². The van der Waals surface area contributed by atoms with Crippen molar-refractivity contribution in [2.75, 3.05) is 5.75 Å². The summed E-state index contributed by atoms with van der Waals surface area (Å²) in [6, 6.07) is 8.34. The zero-order valence-electron chi connectivity index (χ0n) is 9.11. The molecule has 15 heavy (non-hydrogen) atoms. The average molecular weight is 336 g/mol. The summed E-state index contributed by atoms with van der Waals surface area (Å²) in [6.07, 6.45) is 0.536. The van der Waals surface area contributed by atoms with Gasteiger partial charge in [-0.05, 0) is 52.0 Å². The minimum absolute atomic E-state index is 0.225. The fourth-order valence-electron chi connectivity index (χ4n) is 1.26.